The highest BCUT2D eigenvalue weighted by molar-refractivity contribution is 8.01. The van der Waals surface area contributed by atoms with Crippen molar-refractivity contribution in [1.82, 2.24) is 19.7 Å². The molecule has 1 saturated heterocycles. The molecule has 12 heteroatoms. The first-order valence-electron chi connectivity index (χ1n) is 6.77. The van der Waals surface area contributed by atoms with E-state index in [0.717, 1.165) is 11.8 Å². The molecule has 1 fully saturated rings. The van der Waals surface area contributed by atoms with Crippen LogP contribution in [-0.2, 0) is 16.6 Å². The Morgan fingerprint density at radius 3 is 2.88 bits per heavy atom. The number of carbonyl (C=O) groups excluding carboxylic acids is 1. The Morgan fingerprint density at radius 1 is 1.50 bits per heavy atom. The Labute approximate surface area is 143 Å². The Balaban J connectivity index is 1.87. The van der Waals surface area contributed by atoms with Crippen LogP contribution in [0.4, 0.5) is 0 Å². The van der Waals surface area contributed by atoms with Crippen LogP contribution in [-0.4, -0.2) is 59.6 Å². The third kappa shape index (κ3) is 2.65. The number of nitrogens with zero attached hydrogens (tertiary/aromatic N) is 3. The molecular weight excluding hydrogens is 358 g/mol. The van der Waals surface area contributed by atoms with E-state index in [1.54, 1.807) is 0 Å². The van der Waals surface area contributed by atoms with Crippen LogP contribution in [0.15, 0.2) is 26.0 Å². The summed E-state index contributed by atoms with van der Waals surface area (Å²) >= 11 is 2.50. The van der Waals surface area contributed by atoms with Gasteiger partial charge in [0.2, 0.25) is 5.91 Å². The number of carboxylic acid groups (broad SMARTS) is 1. The van der Waals surface area contributed by atoms with Gasteiger partial charge in [-0.25, -0.2) is 4.79 Å². The number of thioether (sulfide) groups is 2. The van der Waals surface area contributed by atoms with Crippen LogP contribution in [0.25, 0.3) is 0 Å². The fourth-order valence-corrected chi connectivity index (χ4v) is 4.78. The summed E-state index contributed by atoms with van der Waals surface area (Å²) in [5, 5.41) is 11.6. The van der Waals surface area contributed by atoms with Gasteiger partial charge >= 0.3 is 17.1 Å². The molecule has 3 rings (SSSR count). The van der Waals surface area contributed by atoms with Crippen molar-refractivity contribution in [2.75, 3.05) is 11.5 Å². The van der Waals surface area contributed by atoms with Crippen molar-refractivity contribution in [3.05, 3.63) is 32.0 Å². The number of aliphatic carboxylic acids is 1. The van der Waals surface area contributed by atoms with Gasteiger partial charge in [-0.2, -0.15) is 4.98 Å². The van der Waals surface area contributed by atoms with E-state index in [1.165, 1.54) is 28.4 Å². The molecule has 2 atom stereocenters. The highest BCUT2D eigenvalue weighted by Gasteiger charge is 2.51. The van der Waals surface area contributed by atoms with Crippen molar-refractivity contribution in [1.29, 1.82) is 0 Å². The number of aromatic nitrogens is 3. The second-order valence-corrected chi connectivity index (χ2v) is 7.23. The fraction of sp³-hybridized carbons (Fsp3) is 0.417. The molecule has 1 amide bonds. The maximum absolute atomic E-state index is 11.9. The third-order valence-corrected chi connectivity index (χ3v) is 6.09. The largest absolute Gasteiger partial charge is 0.477 e. The lowest BCUT2D eigenvalue weighted by atomic mass is 10.0. The van der Waals surface area contributed by atoms with Gasteiger partial charge < -0.3 is 10.8 Å². The molecule has 0 saturated carbocycles. The van der Waals surface area contributed by atoms with Crippen LogP contribution in [0.5, 0.6) is 0 Å². The van der Waals surface area contributed by atoms with Gasteiger partial charge in [0.1, 0.15) is 17.1 Å². The highest BCUT2D eigenvalue weighted by atomic mass is 32.2. The molecular formula is C12H13N5O5S2. The predicted molar refractivity (Wildman–Crippen MR) is 86.6 cm³/mol. The van der Waals surface area contributed by atoms with E-state index in [1.807, 2.05) is 0 Å². The number of hydrogen-bond acceptors (Lipinski definition) is 8. The number of carboxylic acids is 1. The summed E-state index contributed by atoms with van der Waals surface area (Å²) in [6.45, 7) is 0. The smallest absolute Gasteiger partial charge is 0.352 e. The summed E-state index contributed by atoms with van der Waals surface area (Å²) in [5.74, 6) is -0.984. The molecule has 0 spiro atoms. The van der Waals surface area contributed by atoms with E-state index in [9.17, 15) is 24.3 Å². The number of amides is 1. The zero-order valence-corrected chi connectivity index (χ0v) is 14.0. The van der Waals surface area contributed by atoms with E-state index >= 15 is 0 Å². The lowest BCUT2D eigenvalue weighted by Crippen LogP contribution is -2.68. The van der Waals surface area contributed by atoms with Crippen molar-refractivity contribution in [2.24, 2.45) is 12.8 Å². The number of carbonyl (C=O) groups is 2. The van der Waals surface area contributed by atoms with E-state index in [-0.39, 0.29) is 22.0 Å². The predicted octanol–water partition coefficient (Wildman–Crippen LogP) is -1.86. The summed E-state index contributed by atoms with van der Waals surface area (Å²) in [4.78, 5) is 50.8. The van der Waals surface area contributed by atoms with Gasteiger partial charge in [0.05, 0.1) is 0 Å². The molecule has 2 aliphatic heterocycles. The second-order valence-electron chi connectivity index (χ2n) is 5.18. The number of nitrogens with two attached hydrogens (primary N) is 1. The van der Waals surface area contributed by atoms with Gasteiger partial charge in [-0.05, 0) is 5.57 Å². The number of hydrogen-bond donors (Lipinski definition) is 3. The first kappa shape index (κ1) is 16.8. The topological polar surface area (TPSA) is 151 Å². The van der Waals surface area contributed by atoms with Gasteiger partial charge in [0, 0.05) is 18.6 Å². The average molecular weight is 371 g/mol. The van der Waals surface area contributed by atoms with Crippen LogP contribution in [0.3, 0.4) is 0 Å². The van der Waals surface area contributed by atoms with Gasteiger partial charge in [-0.1, -0.05) is 11.8 Å². The quantitative estimate of drug-likeness (QED) is 0.314. The normalized spacial score (nSPS) is 23.1. The van der Waals surface area contributed by atoms with Crippen LogP contribution < -0.4 is 16.9 Å². The van der Waals surface area contributed by atoms with Gasteiger partial charge in [0.25, 0.3) is 0 Å². The van der Waals surface area contributed by atoms with E-state index in [4.69, 9.17) is 5.73 Å². The molecule has 24 heavy (non-hydrogen) atoms. The number of aryl methyl sites for hydroxylation is 1. The Bertz CT molecular complexity index is 875. The average Bonchev–Trinajstić information content (AvgIpc) is 2.55. The van der Waals surface area contributed by atoms with Crippen molar-refractivity contribution in [3.63, 3.8) is 0 Å². The molecule has 128 valence electrons. The molecule has 0 aromatic carbocycles. The summed E-state index contributed by atoms with van der Waals surface area (Å²) in [6.07, 6.45) is 0. The van der Waals surface area contributed by atoms with Crippen LogP contribution in [0, 0.1) is 0 Å². The van der Waals surface area contributed by atoms with Crippen molar-refractivity contribution in [3.8, 4) is 0 Å². The fourth-order valence-electron chi connectivity index (χ4n) is 2.43. The number of β-lactam (4-membered cyclic amide) rings is 1. The zero-order chi connectivity index (χ0) is 17.6. The molecule has 0 aliphatic carbocycles. The molecule has 0 radical (unpaired) electrons. The molecule has 4 N–H and O–H groups in total. The summed E-state index contributed by atoms with van der Waals surface area (Å²) in [6, 6.07) is -0.680. The summed E-state index contributed by atoms with van der Waals surface area (Å²) in [5.41, 5.74) is 4.42. The molecule has 1 aromatic rings. The zero-order valence-electron chi connectivity index (χ0n) is 12.4. The first-order chi connectivity index (χ1) is 11.3. The number of fused-ring (bicyclic) bond motifs is 1. The van der Waals surface area contributed by atoms with Crippen molar-refractivity contribution < 1.29 is 14.7 Å². The monoisotopic (exact) mass is 371 g/mol. The number of H-pyrrole nitrogens is 1. The third-order valence-electron chi connectivity index (χ3n) is 3.61. The Kier molecular flexibility index (Phi) is 4.27. The van der Waals surface area contributed by atoms with E-state index in [0.29, 0.717) is 11.3 Å². The molecule has 2 unspecified atom stereocenters. The van der Waals surface area contributed by atoms with Crippen LogP contribution >= 0.6 is 23.5 Å². The van der Waals surface area contributed by atoms with Crippen LogP contribution in [0.2, 0.25) is 0 Å². The molecule has 3 heterocycles. The molecule has 10 nitrogen and oxygen atoms in total. The van der Waals surface area contributed by atoms with Gasteiger partial charge in [0.15, 0.2) is 5.16 Å². The highest BCUT2D eigenvalue weighted by Crippen LogP contribution is 2.40. The minimum atomic E-state index is -1.19. The number of aromatic amines is 1. The lowest BCUT2D eigenvalue weighted by Gasteiger charge is -2.48. The standard InChI is InChI=1S/C12H13N5O5S2/c1-16-12(14-7(18)8(19)15-16)24-3-4-2-23-10-5(13)9(20)17(10)6(4)11(21)22/h5,10H,2-3,13H2,1H3,(H,15,19)(H,21,22). The van der Waals surface area contributed by atoms with Crippen molar-refractivity contribution >= 4 is 35.4 Å². The maximum Gasteiger partial charge on any atom is 0.352 e. The Hall–Kier alpha value is -2.05. The van der Waals surface area contributed by atoms with Crippen LogP contribution in [0.1, 0.15) is 0 Å². The molecule has 0 bridgehead atoms. The number of rotatable bonds is 4. The SMILES string of the molecule is Cn1[nH]c(=O)c(=O)nc1SCC1=C(C(=O)O)N2C(=O)C(N)C2SC1. The molecule has 1 aromatic heterocycles. The second kappa shape index (κ2) is 6.11. The molecule has 2 aliphatic rings. The minimum absolute atomic E-state index is 0.0626. The minimum Gasteiger partial charge on any atom is -0.477 e. The Morgan fingerprint density at radius 2 is 2.21 bits per heavy atom. The maximum atomic E-state index is 11.9. The summed E-state index contributed by atoms with van der Waals surface area (Å²) < 4.78 is 1.29. The van der Waals surface area contributed by atoms with Crippen molar-refractivity contribution in [2.45, 2.75) is 16.6 Å². The van der Waals surface area contributed by atoms with Gasteiger partial charge in [-0.15, -0.1) is 11.8 Å². The van der Waals surface area contributed by atoms with E-state index < -0.39 is 29.0 Å². The lowest BCUT2D eigenvalue weighted by molar-refractivity contribution is -0.147. The van der Waals surface area contributed by atoms with Gasteiger partial charge in [-0.3, -0.25) is 29.1 Å². The first-order valence-corrected chi connectivity index (χ1v) is 8.80. The summed E-state index contributed by atoms with van der Waals surface area (Å²) in [7, 11) is 1.52. The number of nitrogens with one attached hydrogen (secondary N) is 1. The van der Waals surface area contributed by atoms with E-state index in [2.05, 4.69) is 10.1 Å².